The molecule has 0 radical (unpaired) electrons. The standard InChI is InChI=1S/C23H23ClN2O4S/c24-18-7-9-20(10-8-18)31(28,29)26-14-12-17-4-1-2-6-21(17)22(26)16-23(27)25-13-11-19-5-3-15-30-19/h1-10,15,22H,11-14,16H2,(H,25,27). The van der Waals surface area contributed by atoms with Crippen LogP contribution in [0.25, 0.3) is 0 Å². The molecular weight excluding hydrogens is 436 g/mol. The number of hydrogen-bond donors (Lipinski definition) is 1. The molecule has 1 N–H and O–H groups in total. The van der Waals surface area contributed by atoms with E-state index in [1.54, 1.807) is 24.5 Å². The first kappa shape index (κ1) is 21.6. The number of amides is 1. The molecule has 0 saturated heterocycles. The van der Waals surface area contributed by atoms with Crippen LogP contribution in [-0.4, -0.2) is 31.7 Å². The molecule has 2 heterocycles. The molecule has 0 saturated carbocycles. The fourth-order valence-electron chi connectivity index (χ4n) is 3.90. The largest absolute Gasteiger partial charge is 0.469 e. The Labute approximate surface area is 186 Å². The molecule has 1 unspecified atom stereocenters. The Balaban J connectivity index is 1.56. The van der Waals surface area contributed by atoms with Gasteiger partial charge in [0, 0.05) is 31.0 Å². The summed E-state index contributed by atoms with van der Waals surface area (Å²) in [7, 11) is -3.79. The van der Waals surface area contributed by atoms with Crippen LogP contribution in [0.5, 0.6) is 0 Å². The van der Waals surface area contributed by atoms with E-state index >= 15 is 0 Å². The third-order valence-electron chi connectivity index (χ3n) is 5.44. The summed E-state index contributed by atoms with van der Waals surface area (Å²) in [5.74, 6) is 0.583. The number of fused-ring (bicyclic) bond motifs is 1. The second-order valence-electron chi connectivity index (χ2n) is 7.42. The van der Waals surface area contributed by atoms with Gasteiger partial charge in [-0.2, -0.15) is 4.31 Å². The van der Waals surface area contributed by atoms with Crippen LogP contribution >= 0.6 is 11.6 Å². The van der Waals surface area contributed by atoms with Crippen molar-refractivity contribution in [3.8, 4) is 0 Å². The van der Waals surface area contributed by atoms with Crippen LogP contribution in [0, 0.1) is 0 Å². The van der Waals surface area contributed by atoms with Crippen molar-refractivity contribution in [2.24, 2.45) is 0 Å². The fourth-order valence-corrected chi connectivity index (χ4v) is 5.63. The highest BCUT2D eigenvalue weighted by atomic mass is 35.5. The van der Waals surface area contributed by atoms with Crippen molar-refractivity contribution in [2.75, 3.05) is 13.1 Å². The van der Waals surface area contributed by atoms with Crippen molar-refractivity contribution >= 4 is 27.5 Å². The van der Waals surface area contributed by atoms with E-state index in [4.69, 9.17) is 16.0 Å². The lowest BCUT2D eigenvalue weighted by Gasteiger charge is -2.36. The number of sulfonamides is 1. The van der Waals surface area contributed by atoms with Gasteiger partial charge in [0.25, 0.3) is 0 Å². The molecule has 1 amide bonds. The van der Waals surface area contributed by atoms with Gasteiger partial charge in [-0.1, -0.05) is 35.9 Å². The zero-order valence-electron chi connectivity index (χ0n) is 16.8. The molecule has 8 heteroatoms. The smallest absolute Gasteiger partial charge is 0.243 e. The van der Waals surface area contributed by atoms with Gasteiger partial charge in [0.1, 0.15) is 5.76 Å². The molecule has 4 rings (SSSR count). The lowest BCUT2D eigenvalue weighted by atomic mass is 9.92. The SMILES string of the molecule is O=C(CC1c2ccccc2CCN1S(=O)(=O)c1ccc(Cl)cc1)NCCc1ccco1. The van der Waals surface area contributed by atoms with E-state index in [2.05, 4.69) is 5.32 Å². The minimum Gasteiger partial charge on any atom is -0.469 e. The van der Waals surface area contributed by atoms with Crippen LogP contribution in [0.3, 0.4) is 0 Å². The first-order valence-corrected chi connectivity index (χ1v) is 11.9. The van der Waals surface area contributed by atoms with Gasteiger partial charge in [0.2, 0.25) is 15.9 Å². The number of hydrogen-bond acceptors (Lipinski definition) is 4. The van der Waals surface area contributed by atoms with Crippen molar-refractivity contribution in [2.45, 2.75) is 30.2 Å². The summed E-state index contributed by atoms with van der Waals surface area (Å²) in [5, 5.41) is 3.35. The molecule has 31 heavy (non-hydrogen) atoms. The number of nitrogens with one attached hydrogen (secondary N) is 1. The van der Waals surface area contributed by atoms with Gasteiger partial charge in [-0.25, -0.2) is 8.42 Å². The third kappa shape index (κ3) is 4.84. The summed E-state index contributed by atoms with van der Waals surface area (Å²) in [6.45, 7) is 0.733. The number of furan rings is 1. The zero-order valence-corrected chi connectivity index (χ0v) is 18.4. The summed E-state index contributed by atoms with van der Waals surface area (Å²) in [6.07, 6.45) is 2.81. The molecule has 1 atom stereocenters. The summed E-state index contributed by atoms with van der Waals surface area (Å²) in [5.41, 5.74) is 1.94. The van der Waals surface area contributed by atoms with Crippen LogP contribution in [0.15, 0.2) is 76.2 Å². The highest BCUT2D eigenvalue weighted by Crippen LogP contribution is 2.36. The normalized spacial score (nSPS) is 16.6. The molecule has 1 aromatic heterocycles. The highest BCUT2D eigenvalue weighted by Gasteiger charge is 2.37. The predicted octanol–water partition coefficient (Wildman–Crippen LogP) is 3.97. The van der Waals surface area contributed by atoms with E-state index in [1.165, 1.54) is 16.4 Å². The molecule has 162 valence electrons. The van der Waals surface area contributed by atoms with E-state index in [1.807, 2.05) is 30.3 Å². The molecular formula is C23H23ClN2O4S. The predicted molar refractivity (Wildman–Crippen MR) is 118 cm³/mol. The van der Waals surface area contributed by atoms with Gasteiger partial charge in [-0.15, -0.1) is 0 Å². The Kier molecular flexibility index (Phi) is 6.46. The van der Waals surface area contributed by atoms with Crippen LogP contribution in [0.2, 0.25) is 5.02 Å². The van der Waals surface area contributed by atoms with Crippen molar-refractivity contribution in [3.63, 3.8) is 0 Å². The maximum Gasteiger partial charge on any atom is 0.243 e. The number of nitrogens with zero attached hydrogens (tertiary/aromatic N) is 1. The van der Waals surface area contributed by atoms with Crippen LogP contribution in [0.4, 0.5) is 0 Å². The minimum atomic E-state index is -3.79. The fraction of sp³-hybridized carbons (Fsp3) is 0.261. The summed E-state index contributed by atoms with van der Waals surface area (Å²) >= 11 is 5.93. The monoisotopic (exact) mass is 458 g/mol. The molecule has 6 nitrogen and oxygen atoms in total. The van der Waals surface area contributed by atoms with E-state index < -0.39 is 16.1 Å². The molecule has 0 spiro atoms. The number of halogens is 1. The highest BCUT2D eigenvalue weighted by molar-refractivity contribution is 7.89. The minimum absolute atomic E-state index is 0.0436. The lowest BCUT2D eigenvalue weighted by Crippen LogP contribution is -2.42. The molecule has 3 aromatic rings. The van der Waals surface area contributed by atoms with Crippen LogP contribution < -0.4 is 5.32 Å². The van der Waals surface area contributed by atoms with Gasteiger partial charge in [0.15, 0.2) is 0 Å². The molecule has 2 aromatic carbocycles. The quantitative estimate of drug-likeness (QED) is 0.581. The second kappa shape index (κ2) is 9.26. The summed E-state index contributed by atoms with van der Waals surface area (Å²) < 4.78 is 33.5. The second-order valence-corrected chi connectivity index (χ2v) is 9.74. The van der Waals surface area contributed by atoms with E-state index in [9.17, 15) is 13.2 Å². The molecule has 0 fully saturated rings. The number of carbonyl (C=O) groups excluding carboxylic acids is 1. The van der Waals surface area contributed by atoms with Gasteiger partial charge >= 0.3 is 0 Å². The topological polar surface area (TPSA) is 79.6 Å². The van der Waals surface area contributed by atoms with Gasteiger partial charge in [0.05, 0.1) is 17.2 Å². The molecule has 1 aliphatic rings. The zero-order chi connectivity index (χ0) is 21.8. The van der Waals surface area contributed by atoms with Gasteiger partial charge in [-0.05, 0) is 53.9 Å². The Morgan fingerprint density at radius 3 is 2.61 bits per heavy atom. The number of carbonyl (C=O) groups is 1. The van der Waals surface area contributed by atoms with E-state index in [0.717, 1.165) is 16.9 Å². The van der Waals surface area contributed by atoms with Crippen molar-refractivity contribution in [1.82, 2.24) is 9.62 Å². The molecule has 1 aliphatic heterocycles. The summed E-state index contributed by atoms with van der Waals surface area (Å²) in [6, 6.07) is 16.9. The number of benzene rings is 2. The van der Waals surface area contributed by atoms with E-state index in [-0.39, 0.29) is 17.2 Å². The van der Waals surface area contributed by atoms with Crippen LogP contribution in [-0.2, 0) is 27.7 Å². The molecule has 0 bridgehead atoms. The van der Waals surface area contributed by atoms with Crippen molar-refractivity contribution < 1.29 is 17.6 Å². The van der Waals surface area contributed by atoms with Gasteiger partial charge in [-0.3, -0.25) is 4.79 Å². The average molecular weight is 459 g/mol. The first-order valence-electron chi connectivity index (χ1n) is 10.1. The maximum atomic E-state index is 13.4. The molecule has 0 aliphatic carbocycles. The Bertz CT molecular complexity index is 1140. The third-order valence-corrected chi connectivity index (χ3v) is 7.61. The maximum absolute atomic E-state index is 13.4. The first-order chi connectivity index (χ1) is 14.9. The number of rotatable bonds is 7. The van der Waals surface area contributed by atoms with Gasteiger partial charge < -0.3 is 9.73 Å². The van der Waals surface area contributed by atoms with E-state index in [0.29, 0.717) is 31.0 Å². The summed E-state index contributed by atoms with van der Waals surface area (Å²) in [4.78, 5) is 12.9. The van der Waals surface area contributed by atoms with Crippen molar-refractivity contribution in [1.29, 1.82) is 0 Å². The Morgan fingerprint density at radius 2 is 1.87 bits per heavy atom. The van der Waals surface area contributed by atoms with Crippen molar-refractivity contribution in [3.05, 3.63) is 88.8 Å². The average Bonchev–Trinajstić information content (AvgIpc) is 3.27. The Hall–Kier alpha value is -2.61. The van der Waals surface area contributed by atoms with Crippen LogP contribution in [0.1, 0.15) is 29.3 Å². The Morgan fingerprint density at radius 1 is 1.10 bits per heavy atom. The lowest BCUT2D eigenvalue weighted by molar-refractivity contribution is -0.122.